The zero-order chi connectivity index (χ0) is 14.0. The van der Waals surface area contributed by atoms with Crippen molar-refractivity contribution >= 4 is 51.1 Å². The zero-order valence-corrected chi connectivity index (χ0v) is 13.2. The molecule has 19 heavy (non-hydrogen) atoms. The van der Waals surface area contributed by atoms with E-state index in [1.54, 1.807) is 6.20 Å². The third-order valence-electron chi connectivity index (χ3n) is 2.84. The summed E-state index contributed by atoms with van der Waals surface area (Å²) in [5, 5.41) is 3.54. The lowest BCUT2D eigenvalue weighted by Crippen LogP contribution is -2.27. The van der Waals surface area contributed by atoms with E-state index in [0.717, 1.165) is 21.1 Å². The average molecular weight is 339 g/mol. The molecule has 2 aromatic rings. The number of pyridine rings is 1. The number of fused-ring (bicyclic) bond motifs is 1. The molecule has 1 N–H and O–H groups in total. The van der Waals surface area contributed by atoms with Crippen molar-refractivity contribution in [1.29, 1.82) is 0 Å². The first-order valence-corrected chi connectivity index (χ1v) is 7.33. The summed E-state index contributed by atoms with van der Waals surface area (Å²) in [5.41, 5.74) is 1.50. The summed E-state index contributed by atoms with van der Waals surface area (Å²) in [6.45, 7) is 3.94. The fourth-order valence-electron chi connectivity index (χ4n) is 1.74. The van der Waals surface area contributed by atoms with Gasteiger partial charge in [-0.25, -0.2) is 0 Å². The minimum atomic E-state index is -0.328. The molecule has 100 valence electrons. The highest BCUT2D eigenvalue weighted by Gasteiger charge is 2.18. The Bertz CT molecular complexity index is 615. The maximum Gasteiger partial charge on any atom is 0.237 e. The Morgan fingerprint density at radius 1 is 1.42 bits per heavy atom. The van der Waals surface area contributed by atoms with Crippen molar-refractivity contribution in [3.63, 3.8) is 0 Å². The van der Waals surface area contributed by atoms with E-state index in [-0.39, 0.29) is 17.1 Å². The number of hydrogen-bond donors (Lipinski definition) is 2. The van der Waals surface area contributed by atoms with Crippen molar-refractivity contribution in [2.45, 2.75) is 19.1 Å². The van der Waals surface area contributed by atoms with E-state index < -0.39 is 0 Å². The average Bonchev–Trinajstić information content (AvgIpc) is 2.37. The quantitative estimate of drug-likeness (QED) is 0.833. The monoisotopic (exact) mass is 338 g/mol. The number of anilines is 1. The van der Waals surface area contributed by atoms with Crippen LogP contribution in [0, 0.1) is 5.92 Å². The Labute approximate surface area is 126 Å². The first kappa shape index (κ1) is 14.3. The van der Waals surface area contributed by atoms with Crippen molar-refractivity contribution < 1.29 is 4.79 Å². The smallest absolute Gasteiger partial charge is 0.237 e. The highest BCUT2D eigenvalue weighted by Crippen LogP contribution is 2.24. The SMILES string of the molecule is CC(C)C(S)C(=O)Nc1cccc2cc(Br)cnc12. The van der Waals surface area contributed by atoms with E-state index >= 15 is 0 Å². The molecule has 0 aliphatic carbocycles. The van der Waals surface area contributed by atoms with Gasteiger partial charge in [-0.2, -0.15) is 12.6 Å². The van der Waals surface area contributed by atoms with Crippen LogP contribution in [0.1, 0.15) is 13.8 Å². The molecule has 0 bridgehead atoms. The summed E-state index contributed by atoms with van der Waals surface area (Å²) < 4.78 is 0.915. The van der Waals surface area contributed by atoms with Crippen LogP contribution in [-0.2, 0) is 4.79 Å². The Kier molecular flexibility index (Phi) is 4.47. The van der Waals surface area contributed by atoms with Crippen LogP contribution in [-0.4, -0.2) is 16.1 Å². The molecule has 0 spiro atoms. The summed E-state index contributed by atoms with van der Waals surface area (Å²) in [6, 6.07) is 7.68. The van der Waals surface area contributed by atoms with Crippen molar-refractivity contribution in [2.75, 3.05) is 5.32 Å². The van der Waals surface area contributed by atoms with Crippen LogP contribution < -0.4 is 5.32 Å². The number of carbonyl (C=O) groups excluding carboxylic acids is 1. The summed E-state index contributed by atoms with van der Waals surface area (Å²) in [4.78, 5) is 16.4. The number of para-hydroxylation sites is 1. The Morgan fingerprint density at radius 2 is 2.16 bits per heavy atom. The molecule has 0 saturated heterocycles. The van der Waals surface area contributed by atoms with Crippen LogP contribution in [0.15, 0.2) is 34.9 Å². The van der Waals surface area contributed by atoms with Gasteiger partial charge in [-0.05, 0) is 34.0 Å². The van der Waals surface area contributed by atoms with Crippen LogP contribution in [0.25, 0.3) is 10.9 Å². The number of nitrogens with zero attached hydrogens (tertiary/aromatic N) is 1. The van der Waals surface area contributed by atoms with Crippen LogP contribution in [0.4, 0.5) is 5.69 Å². The topological polar surface area (TPSA) is 42.0 Å². The second kappa shape index (κ2) is 5.92. The molecule has 1 atom stereocenters. The number of halogens is 1. The van der Waals surface area contributed by atoms with E-state index in [1.165, 1.54) is 0 Å². The molecule has 0 saturated carbocycles. The number of carbonyl (C=O) groups is 1. The number of hydrogen-bond acceptors (Lipinski definition) is 3. The predicted molar refractivity (Wildman–Crippen MR) is 85.7 cm³/mol. The van der Waals surface area contributed by atoms with Gasteiger partial charge in [0.1, 0.15) is 0 Å². The Hall–Kier alpha value is -1.07. The van der Waals surface area contributed by atoms with Crippen LogP contribution in [0.3, 0.4) is 0 Å². The number of aromatic nitrogens is 1. The van der Waals surface area contributed by atoms with Crippen LogP contribution in [0.5, 0.6) is 0 Å². The molecule has 5 heteroatoms. The number of thiol groups is 1. The van der Waals surface area contributed by atoms with Gasteiger partial charge in [0.15, 0.2) is 0 Å². The Balaban J connectivity index is 2.33. The largest absolute Gasteiger partial charge is 0.323 e. The molecular weight excluding hydrogens is 324 g/mol. The zero-order valence-electron chi connectivity index (χ0n) is 10.7. The van der Waals surface area contributed by atoms with Gasteiger partial charge in [0.2, 0.25) is 5.91 Å². The normalized spacial score (nSPS) is 12.7. The lowest BCUT2D eigenvalue weighted by atomic mass is 10.1. The molecule has 0 fully saturated rings. The minimum absolute atomic E-state index is 0.101. The van der Waals surface area contributed by atoms with Gasteiger partial charge in [0.25, 0.3) is 0 Å². The molecular formula is C14H15BrN2OS. The molecule has 0 radical (unpaired) electrons. The van der Waals surface area contributed by atoms with E-state index in [1.807, 2.05) is 38.1 Å². The lowest BCUT2D eigenvalue weighted by Gasteiger charge is -2.15. The summed E-state index contributed by atoms with van der Waals surface area (Å²) in [7, 11) is 0. The molecule has 3 nitrogen and oxygen atoms in total. The molecule has 1 aromatic carbocycles. The second-order valence-corrected chi connectivity index (χ2v) is 6.18. The highest BCUT2D eigenvalue weighted by atomic mass is 79.9. The van der Waals surface area contributed by atoms with E-state index in [0.29, 0.717) is 0 Å². The summed E-state index contributed by atoms with van der Waals surface area (Å²) in [6.07, 6.45) is 1.72. The van der Waals surface area contributed by atoms with Crippen molar-refractivity contribution in [3.8, 4) is 0 Å². The van der Waals surface area contributed by atoms with Crippen molar-refractivity contribution in [3.05, 3.63) is 34.9 Å². The van der Waals surface area contributed by atoms with Gasteiger partial charge in [0.05, 0.1) is 16.5 Å². The van der Waals surface area contributed by atoms with Crippen molar-refractivity contribution in [2.24, 2.45) is 5.92 Å². The van der Waals surface area contributed by atoms with Gasteiger partial charge < -0.3 is 5.32 Å². The molecule has 1 heterocycles. The van der Waals surface area contributed by atoms with Gasteiger partial charge in [0, 0.05) is 16.1 Å². The molecule has 1 aromatic heterocycles. The molecule has 0 aliphatic heterocycles. The van der Waals surface area contributed by atoms with E-state index in [9.17, 15) is 4.79 Å². The fourth-order valence-corrected chi connectivity index (χ4v) is 2.16. The van der Waals surface area contributed by atoms with Gasteiger partial charge in [-0.1, -0.05) is 26.0 Å². The van der Waals surface area contributed by atoms with Crippen LogP contribution in [0.2, 0.25) is 0 Å². The molecule has 2 rings (SSSR count). The van der Waals surface area contributed by atoms with Crippen molar-refractivity contribution in [1.82, 2.24) is 4.98 Å². The number of nitrogens with one attached hydrogen (secondary N) is 1. The van der Waals surface area contributed by atoms with E-state index in [4.69, 9.17) is 0 Å². The maximum absolute atomic E-state index is 12.0. The van der Waals surface area contributed by atoms with Gasteiger partial charge in [-0.3, -0.25) is 9.78 Å². The van der Waals surface area contributed by atoms with E-state index in [2.05, 4.69) is 38.9 Å². The lowest BCUT2D eigenvalue weighted by molar-refractivity contribution is -0.116. The standard InChI is InChI=1S/C14H15BrN2OS/c1-8(2)13(19)14(18)17-11-5-3-4-9-6-10(15)7-16-12(9)11/h3-8,13,19H,1-2H3,(H,17,18). The number of rotatable bonds is 3. The van der Waals surface area contributed by atoms with Gasteiger partial charge >= 0.3 is 0 Å². The fraction of sp³-hybridized carbons (Fsp3) is 0.286. The third kappa shape index (κ3) is 3.28. The molecule has 0 aliphatic rings. The first-order valence-electron chi connectivity index (χ1n) is 6.02. The number of amides is 1. The molecule has 1 unspecified atom stereocenters. The third-order valence-corrected chi connectivity index (χ3v) is 4.10. The predicted octanol–water partition coefficient (Wildman–Crippen LogP) is 3.89. The summed E-state index contributed by atoms with van der Waals surface area (Å²) >= 11 is 7.71. The summed E-state index contributed by atoms with van der Waals surface area (Å²) in [5.74, 6) is 0.0796. The Morgan fingerprint density at radius 3 is 2.84 bits per heavy atom. The number of benzene rings is 1. The van der Waals surface area contributed by atoms with Gasteiger partial charge in [-0.15, -0.1) is 0 Å². The highest BCUT2D eigenvalue weighted by molar-refractivity contribution is 9.10. The second-order valence-electron chi connectivity index (χ2n) is 4.71. The first-order chi connectivity index (χ1) is 8.99. The molecule has 1 amide bonds. The maximum atomic E-state index is 12.0. The minimum Gasteiger partial charge on any atom is -0.323 e. The van der Waals surface area contributed by atoms with Crippen LogP contribution >= 0.6 is 28.6 Å².